The fourth-order valence-corrected chi connectivity index (χ4v) is 3.45. The molecule has 0 fully saturated rings. The second kappa shape index (κ2) is 6.00. The highest BCUT2D eigenvalue weighted by Gasteiger charge is 2.25. The number of hydrogen-bond donors (Lipinski definition) is 5. The standard InChI is InChI=1S/C20H19N7/c21-20(11-13-4-5-17-18(10-13)25-12-24-17)7-9-23-19(27-20)26-16-3-1-2-15-14(16)6-8-22-15/h1-10,12,22H,11,21H2,(H,24,25)(H2,23,26,27). The lowest BCUT2D eigenvalue weighted by Crippen LogP contribution is -2.45. The van der Waals surface area contributed by atoms with Gasteiger partial charge < -0.3 is 26.3 Å². The molecule has 0 spiro atoms. The summed E-state index contributed by atoms with van der Waals surface area (Å²) in [6, 6.07) is 14.2. The Labute approximate surface area is 155 Å². The topological polar surface area (TPSA) is 107 Å². The smallest absolute Gasteiger partial charge is 0.202 e. The number of nitrogens with two attached hydrogens (primary N) is 1. The highest BCUT2D eigenvalue weighted by atomic mass is 15.2. The molecule has 1 atom stereocenters. The zero-order valence-corrected chi connectivity index (χ0v) is 14.5. The molecular weight excluding hydrogens is 338 g/mol. The summed E-state index contributed by atoms with van der Waals surface area (Å²) in [7, 11) is 0. The highest BCUT2D eigenvalue weighted by molar-refractivity contribution is 6.03. The van der Waals surface area contributed by atoms with E-state index in [2.05, 4.69) is 31.7 Å². The lowest BCUT2D eigenvalue weighted by Gasteiger charge is -2.27. The fourth-order valence-electron chi connectivity index (χ4n) is 3.45. The molecule has 2 aromatic heterocycles. The van der Waals surface area contributed by atoms with Gasteiger partial charge in [0.15, 0.2) is 0 Å². The third-order valence-electron chi connectivity index (χ3n) is 4.73. The lowest BCUT2D eigenvalue weighted by atomic mass is 10.00. The van der Waals surface area contributed by atoms with Crippen molar-refractivity contribution in [3.05, 3.63) is 72.8 Å². The van der Waals surface area contributed by atoms with E-state index in [0.717, 1.165) is 33.2 Å². The van der Waals surface area contributed by atoms with E-state index in [4.69, 9.17) is 10.7 Å². The molecule has 0 saturated heterocycles. The highest BCUT2D eigenvalue weighted by Crippen LogP contribution is 2.24. The Morgan fingerprint density at radius 1 is 1.07 bits per heavy atom. The summed E-state index contributed by atoms with van der Waals surface area (Å²) >= 11 is 0. The molecule has 134 valence electrons. The zero-order chi connectivity index (χ0) is 18.3. The van der Waals surface area contributed by atoms with Crippen LogP contribution < -0.4 is 16.4 Å². The number of anilines is 1. The number of benzene rings is 2. The Kier molecular flexibility index (Phi) is 3.48. The van der Waals surface area contributed by atoms with Gasteiger partial charge in [-0.2, -0.15) is 0 Å². The van der Waals surface area contributed by atoms with Crippen molar-refractivity contribution in [3.63, 3.8) is 0 Å². The van der Waals surface area contributed by atoms with Crippen molar-refractivity contribution in [2.24, 2.45) is 10.7 Å². The number of hydrogen-bond acceptors (Lipinski definition) is 5. The third kappa shape index (κ3) is 2.94. The summed E-state index contributed by atoms with van der Waals surface area (Å²) in [5.74, 6) is 0.622. The average Bonchev–Trinajstić information content (AvgIpc) is 3.30. The maximum Gasteiger partial charge on any atom is 0.202 e. The van der Waals surface area contributed by atoms with Gasteiger partial charge in [-0.1, -0.05) is 12.1 Å². The molecule has 4 aromatic rings. The summed E-state index contributed by atoms with van der Waals surface area (Å²) in [6.07, 6.45) is 7.91. The van der Waals surface area contributed by atoms with Crippen LogP contribution in [0.2, 0.25) is 0 Å². The number of H-pyrrole nitrogens is 2. The second-order valence-corrected chi connectivity index (χ2v) is 6.73. The number of nitrogens with one attached hydrogen (secondary N) is 4. The van der Waals surface area contributed by atoms with Crippen molar-refractivity contribution in [1.82, 2.24) is 20.3 Å². The van der Waals surface area contributed by atoms with Crippen LogP contribution in [0.1, 0.15) is 5.56 Å². The molecule has 1 aliphatic heterocycles. The van der Waals surface area contributed by atoms with E-state index < -0.39 is 5.66 Å². The van der Waals surface area contributed by atoms with Crippen LogP contribution in [0.15, 0.2) is 72.3 Å². The predicted molar refractivity (Wildman–Crippen MR) is 108 cm³/mol. The molecule has 27 heavy (non-hydrogen) atoms. The third-order valence-corrected chi connectivity index (χ3v) is 4.73. The van der Waals surface area contributed by atoms with Crippen molar-refractivity contribution in [1.29, 1.82) is 0 Å². The van der Waals surface area contributed by atoms with Gasteiger partial charge in [0.2, 0.25) is 5.96 Å². The molecule has 5 rings (SSSR count). The Hall–Kier alpha value is -3.58. The van der Waals surface area contributed by atoms with Crippen LogP contribution in [0.4, 0.5) is 5.69 Å². The first-order valence-electron chi connectivity index (χ1n) is 8.77. The van der Waals surface area contributed by atoms with E-state index in [0.29, 0.717) is 12.4 Å². The Bertz CT molecular complexity index is 1180. The second-order valence-electron chi connectivity index (χ2n) is 6.73. The van der Waals surface area contributed by atoms with E-state index in [1.165, 1.54) is 0 Å². The van der Waals surface area contributed by atoms with Crippen LogP contribution >= 0.6 is 0 Å². The van der Waals surface area contributed by atoms with Crippen molar-refractivity contribution >= 4 is 33.6 Å². The monoisotopic (exact) mass is 357 g/mol. The first-order valence-corrected chi connectivity index (χ1v) is 8.77. The van der Waals surface area contributed by atoms with Crippen LogP contribution in [0.3, 0.4) is 0 Å². The van der Waals surface area contributed by atoms with Gasteiger partial charge in [-0.3, -0.25) is 0 Å². The van der Waals surface area contributed by atoms with E-state index in [1.807, 2.05) is 54.9 Å². The largest absolute Gasteiger partial charge is 0.361 e. The molecule has 7 heteroatoms. The zero-order valence-electron chi connectivity index (χ0n) is 14.5. The maximum atomic E-state index is 6.56. The van der Waals surface area contributed by atoms with Crippen molar-refractivity contribution in [2.45, 2.75) is 12.1 Å². The van der Waals surface area contributed by atoms with Crippen LogP contribution in [0.5, 0.6) is 0 Å². The lowest BCUT2D eigenvalue weighted by molar-refractivity contribution is 0.543. The molecule has 6 N–H and O–H groups in total. The number of aliphatic imine (C=N–C) groups is 1. The van der Waals surface area contributed by atoms with Gasteiger partial charge in [0.05, 0.1) is 23.0 Å². The molecule has 0 bridgehead atoms. The van der Waals surface area contributed by atoms with Crippen LogP contribution in [-0.2, 0) is 6.42 Å². The first-order chi connectivity index (χ1) is 13.2. The number of aromatic nitrogens is 3. The average molecular weight is 357 g/mol. The van der Waals surface area contributed by atoms with E-state index in [-0.39, 0.29) is 0 Å². The normalized spacial score (nSPS) is 19.2. The SMILES string of the molecule is NC1(Cc2ccc3nc[nH]c3c2)C=CNC(Nc2cccc3[nH]ccc23)=N1. The Morgan fingerprint density at radius 2 is 2.04 bits per heavy atom. The summed E-state index contributed by atoms with van der Waals surface area (Å²) in [6.45, 7) is 0. The van der Waals surface area contributed by atoms with Crippen LogP contribution in [0, 0.1) is 0 Å². The molecule has 1 unspecified atom stereocenters. The quantitative estimate of drug-likeness (QED) is 0.389. The number of imidazole rings is 1. The minimum absolute atomic E-state index is 0.583. The van der Waals surface area contributed by atoms with E-state index in [1.54, 1.807) is 6.33 Å². The molecule has 0 radical (unpaired) electrons. The van der Waals surface area contributed by atoms with E-state index >= 15 is 0 Å². The first kappa shape index (κ1) is 15.7. The van der Waals surface area contributed by atoms with Gasteiger partial charge in [0.1, 0.15) is 5.66 Å². The molecule has 3 heterocycles. The summed E-state index contributed by atoms with van der Waals surface area (Å²) < 4.78 is 0. The molecular formula is C20H19N7. The van der Waals surface area contributed by atoms with Gasteiger partial charge in [-0.25, -0.2) is 9.98 Å². The minimum atomic E-state index is -0.826. The molecule has 7 nitrogen and oxygen atoms in total. The van der Waals surface area contributed by atoms with Crippen molar-refractivity contribution in [3.8, 4) is 0 Å². The number of guanidine groups is 1. The molecule has 2 aromatic carbocycles. The van der Waals surface area contributed by atoms with Gasteiger partial charge in [0.25, 0.3) is 0 Å². The summed E-state index contributed by atoms with van der Waals surface area (Å²) in [5, 5.41) is 7.59. The van der Waals surface area contributed by atoms with Crippen molar-refractivity contribution in [2.75, 3.05) is 5.32 Å². The number of aromatic amines is 2. The van der Waals surface area contributed by atoms with E-state index in [9.17, 15) is 0 Å². The van der Waals surface area contributed by atoms with Crippen LogP contribution in [-0.4, -0.2) is 26.6 Å². The number of fused-ring (bicyclic) bond motifs is 2. The summed E-state index contributed by atoms with van der Waals surface area (Å²) in [4.78, 5) is 15.3. The maximum absolute atomic E-state index is 6.56. The predicted octanol–water partition coefficient (Wildman–Crippen LogP) is 2.83. The van der Waals surface area contributed by atoms with Crippen molar-refractivity contribution < 1.29 is 0 Å². The Balaban J connectivity index is 1.42. The number of nitrogens with zero attached hydrogens (tertiary/aromatic N) is 2. The molecule has 0 saturated carbocycles. The van der Waals surface area contributed by atoms with Gasteiger partial charge in [0, 0.05) is 29.7 Å². The molecule has 1 aliphatic rings. The van der Waals surface area contributed by atoms with Gasteiger partial charge in [-0.05, 0) is 42.0 Å². The molecule has 0 amide bonds. The fraction of sp³-hybridized carbons (Fsp3) is 0.100. The van der Waals surface area contributed by atoms with Gasteiger partial charge in [-0.15, -0.1) is 0 Å². The number of rotatable bonds is 3. The van der Waals surface area contributed by atoms with Gasteiger partial charge >= 0.3 is 0 Å². The molecule has 0 aliphatic carbocycles. The Morgan fingerprint density at radius 3 is 3.00 bits per heavy atom. The summed E-state index contributed by atoms with van der Waals surface area (Å²) in [5.41, 5.74) is 10.8. The minimum Gasteiger partial charge on any atom is -0.361 e. The van der Waals surface area contributed by atoms with Crippen LogP contribution in [0.25, 0.3) is 21.9 Å².